The lowest BCUT2D eigenvalue weighted by atomic mass is 9.93. The standard InChI is InChI=1S/C21H21N3O3/c25-20(12-24-10-4-3-7-21(24)26)23-19-14-27-13-16(19)11-15-8-9-22-18-6-2-1-5-17(15)18/h1-10,16,19H,11-14H2,(H,23,25)/t16-,19+/m1/s1. The topological polar surface area (TPSA) is 73.2 Å². The monoisotopic (exact) mass is 363 g/mol. The largest absolute Gasteiger partial charge is 0.379 e. The highest BCUT2D eigenvalue weighted by Gasteiger charge is 2.30. The second-order valence-corrected chi connectivity index (χ2v) is 6.83. The number of ether oxygens (including phenoxy) is 1. The van der Waals surface area contributed by atoms with Gasteiger partial charge in [-0.15, -0.1) is 0 Å². The fraction of sp³-hybridized carbons (Fsp3) is 0.286. The lowest BCUT2D eigenvalue weighted by Crippen LogP contribution is -2.43. The van der Waals surface area contributed by atoms with Crippen molar-refractivity contribution >= 4 is 16.8 Å². The first-order valence-corrected chi connectivity index (χ1v) is 9.06. The fourth-order valence-corrected chi connectivity index (χ4v) is 3.57. The van der Waals surface area contributed by atoms with E-state index in [1.54, 1.807) is 18.3 Å². The molecule has 1 aromatic carbocycles. The summed E-state index contributed by atoms with van der Waals surface area (Å²) >= 11 is 0. The van der Waals surface area contributed by atoms with Crippen LogP contribution in [-0.2, 0) is 22.5 Å². The molecule has 2 aromatic heterocycles. The van der Waals surface area contributed by atoms with Crippen molar-refractivity contribution in [2.24, 2.45) is 5.92 Å². The summed E-state index contributed by atoms with van der Waals surface area (Å²) in [5, 5.41) is 4.17. The van der Waals surface area contributed by atoms with Crippen LogP contribution >= 0.6 is 0 Å². The van der Waals surface area contributed by atoms with Crippen LogP contribution in [0.15, 0.2) is 65.7 Å². The van der Waals surface area contributed by atoms with E-state index >= 15 is 0 Å². The molecule has 6 heteroatoms. The highest BCUT2D eigenvalue weighted by Crippen LogP contribution is 2.24. The van der Waals surface area contributed by atoms with Gasteiger partial charge in [0.1, 0.15) is 6.54 Å². The van der Waals surface area contributed by atoms with Gasteiger partial charge in [-0.2, -0.15) is 0 Å². The van der Waals surface area contributed by atoms with Crippen molar-refractivity contribution in [1.82, 2.24) is 14.9 Å². The Labute approximate surface area is 156 Å². The number of fused-ring (bicyclic) bond motifs is 1. The third-order valence-corrected chi connectivity index (χ3v) is 4.98. The Morgan fingerprint density at radius 1 is 1.15 bits per heavy atom. The molecule has 0 unspecified atom stereocenters. The maximum absolute atomic E-state index is 12.4. The zero-order chi connectivity index (χ0) is 18.6. The minimum Gasteiger partial charge on any atom is -0.379 e. The molecule has 3 aromatic rings. The van der Waals surface area contributed by atoms with Gasteiger partial charge in [-0.3, -0.25) is 14.6 Å². The van der Waals surface area contributed by atoms with Crippen LogP contribution < -0.4 is 10.9 Å². The van der Waals surface area contributed by atoms with E-state index in [-0.39, 0.29) is 30.0 Å². The summed E-state index contributed by atoms with van der Waals surface area (Å²) in [4.78, 5) is 28.6. The Morgan fingerprint density at radius 3 is 2.89 bits per heavy atom. The second-order valence-electron chi connectivity index (χ2n) is 6.83. The predicted octanol–water partition coefficient (Wildman–Crippen LogP) is 1.77. The molecule has 0 saturated carbocycles. The zero-order valence-electron chi connectivity index (χ0n) is 14.9. The summed E-state index contributed by atoms with van der Waals surface area (Å²) in [6.07, 6.45) is 4.25. The van der Waals surface area contributed by atoms with E-state index in [4.69, 9.17) is 4.74 Å². The summed E-state index contributed by atoms with van der Waals surface area (Å²) < 4.78 is 7.03. The van der Waals surface area contributed by atoms with Gasteiger partial charge in [-0.25, -0.2) is 0 Å². The van der Waals surface area contributed by atoms with Gasteiger partial charge < -0.3 is 14.6 Å². The minimum absolute atomic E-state index is 0.0150. The van der Waals surface area contributed by atoms with E-state index in [0.717, 1.165) is 17.3 Å². The maximum Gasteiger partial charge on any atom is 0.250 e. The molecule has 1 fully saturated rings. The lowest BCUT2D eigenvalue weighted by Gasteiger charge is -2.20. The van der Waals surface area contributed by atoms with Gasteiger partial charge in [0.25, 0.3) is 5.56 Å². The van der Waals surface area contributed by atoms with Crippen molar-refractivity contribution in [3.8, 4) is 0 Å². The highest BCUT2D eigenvalue weighted by atomic mass is 16.5. The van der Waals surface area contributed by atoms with Crippen LogP contribution in [0, 0.1) is 5.92 Å². The first-order valence-electron chi connectivity index (χ1n) is 9.06. The van der Waals surface area contributed by atoms with Gasteiger partial charge >= 0.3 is 0 Å². The molecule has 1 aliphatic heterocycles. The Hall–Kier alpha value is -2.99. The molecule has 138 valence electrons. The van der Waals surface area contributed by atoms with Gasteiger partial charge in [0.05, 0.1) is 24.8 Å². The number of hydrogen-bond donors (Lipinski definition) is 1. The molecule has 1 saturated heterocycles. The van der Waals surface area contributed by atoms with Crippen LogP contribution in [0.2, 0.25) is 0 Å². The summed E-state index contributed by atoms with van der Waals surface area (Å²) in [6.45, 7) is 1.11. The van der Waals surface area contributed by atoms with Gasteiger partial charge in [0, 0.05) is 29.8 Å². The number of pyridine rings is 2. The van der Waals surface area contributed by atoms with Gasteiger partial charge in [-0.1, -0.05) is 24.3 Å². The van der Waals surface area contributed by atoms with Crippen molar-refractivity contribution in [2.45, 2.75) is 19.0 Å². The molecule has 0 aliphatic carbocycles. The Balaban J connectivity index is 1.45. The quantitative estimate of drug-likeness (QED) is 0.750. The lowest BCUT2D eigenvalue weighted by molar-refractivity contribution is -0.122. The summed E-state index contributed by atoms with van der Waals surface area (Å²) in [7, 11) is 0. The summed E-state index contributed by atoms with van der Waals surface area (Å²) in [5.74, 6) is 0.00985. The average molecular weight is 363 g/mol. The molecule has 4 rings (SSSR count). The van der Waals surface area contributed by atoms with Gasteiger partial charge in [0.15, 0.2) is 0 Å². The minimum atomic E-state index is -0.185. The van der Waals surface area contributed by atoms with E-state index in [1.165, 1.54) is 16.2 Å². The van der Waals surface area contributed by atoms with Crippen LogP contribution in [0.4, 0.5) is 0 Å². The van der Waals surface area contributed by atoms with E-state index in [2.05, 4.69) is 16.4 Å². The first kappa shape index (κ1) is 17.4. The smallest absolute Gasteiger partial charge is 0.250 e. The molecule has 6 nitrogen and oxygen atoms in total. The first-order chi connectivity index (χ1) is 13.2. The summed E-state index contributed by atoms with van der Waals surface area (Å²) in [5.41, 5.74) is 1.99. The molecule has 1 N–H and O–H groups in total. The van der Waals surface area contributed by atoms with Crippen molar-refractivity contribution in [2.75, 3.05) is 13.2 Å². The molecular formula is C21H21N3O3. The van der Waals surface area contributed by atoms with Crippen molar-refractivity contribution in [3.63, 3.8) is 0 Å². The number of nitrogens with zero attached hydrogens (tertiary/aromatic N) is 2. The third kappa shape index (κ3) is 3.90. The number of aromatic nitrogens is 2. The molecule has 0 radical (unpaired) electrons. The number of rotatable bonds is 5. The number of amides is 1. The molecular weight excluding hydrogens is 342 g/mol. The number of hydrogen-bond acceptors (Lipinski definition) is 4. The number of carbonyl (C=O) groups excluding carboxylic acids is 1. The van der Waals surface area contributed by atoms with E-state index < -0.39 is 0 Å². The third-order valence-electron chi connectivity index (χ3n) is 4.98. The summed E-state index contributed by atoms with van der Waals surface area (Å²) in [6, 6.07) is 14.9. The van der Waals surface area contributed by atoms with Crippen LogP contribution in [0.5, 0.6) is 0 Å². The van der Waals surface area contributed by atoms with Crippen LogP contribution in [-0.4, -0.2) is 34.7 Å². The number of para-hydroxylation sites is 1. The van der Waals surface area contributed by atoms with E-state index in [0.29, 0.717) is 13.2 Å². The molecule has 1 aliphatic rings. The van der Waals surface area contributed by atoms with Gasteiger partial charge in [-0.05, 0) is 30.2 Å². The molecule has 2 atom stereocenters. The second kappa shape index (κ2) is 7.72. The van der Waals surface area contributed by atoms with E-state index in [9.17, 15) is 9.59 Å². The maximum atomic E-state index is 12.4. The van der Waals surface area contributed by atoms with Gasteiger partial charge in [0.2, 0.25) is 5.91 Å². The molecule has 0 bridgehead atoms. The van der Waals surface area contributed by atoms with Crippen LogP contribution in [0.3, 0.4) is 0 Å². The normalized spacial score (nSPS) is 19.3. The predicted molar refractivity (Wildman–Crippen MR) is 102 cm³/mol. The Kier molecular flexibility index (Phi) is 4.98. The number of nitrogens with one attached hydrogen (secondary N) is 1. The highest BCUT2D eigenvalue weighted by molar-refractivity contribution is 5.82. The van der Waals surface area contributed by atoms with Crippen LogP contribution in [0.25, 0.3) is 10.9 Å². The molecule has 1 amide bonds. The SMILES string of the molecule is O=C(Cn1ccccc1=O)N[C@H]1COC[C@H]1Cc1ccnc2ccccc12. The fourth-order valence-electron chi connectivity index (χ4n) is 3.57. The van der Waals surface area contributed by atoms with Crippen LogP contribution in [0.1, 0.15) is 5.56 Å². The number of carbonyl (C=O) groups is 1. The Morgan fingerprint density at radius 2 is 2.00 bits per heavy atom. The molecule has 3 heterocycles. The zero-order valence-corrected chi connectivity index (χ0v) is 14.9. The number of benzene rings is 1. The van der Waals surface area contributed by atoms with Crippen molar-refractivity contribution < 1.29 is 9.53 Å². The average Bonchev–Trinajstić information content (AvgIpc) is 3.10. The van der Waals surface area contributed by atoms with Crippen molar-refractivity contribution in [1.29, 1.82) is 0 Å². The van der Waals surface area contributed by atoms with E-state index in [1.807, 2.05) is 30.5 Å². The van der Waals surface area contributed by atoms with Crippen molar-refractivity contribution in [3.05, 3.63) is 76.8 Å². The molecule has 27 heavy (non-hydrogen) atoms. The Bertz CT molecular complexity index is 1010. The molecule has 0 spiro atoms.